The minimum Gasteiger partial charge on any atom is -0.327 e. The Bertz CT molecular complexity index is 812. The third-order valence-electron chi connectivity index (χ3n) is 4.34. The maximum absolute atomic E-state index is 4.86. The molecule has 4 rings (SSSR count). The Morgan fingerprint density at radius 2 is 1.86 bits per heavy atom. The summed E-state index contributed by atoms with van der Waals surface area (Å²) in [5.41, 5.74) is 6.27. The number of nitrogens with zero attached hydrogens (tertiary/aromatic N) is 2. The van der Waals surface area contributed by atoms with Crippen molar-refractivity contribution in [2.45, 2.75) is 25.8 Å². The van der Waals surface area contributed by atoms with Gasteiger partial charge in [-0.25, -0.2) is 4.98 Å². The van der Waals surface area contributed by atoms with Crippen LogP contribution in [0.3, 0.4) is 0 Å². The molecule has 0 fully saturated rings. The van der Waals surface area contributed by atoms with E-state index >= 15 is 0 Å². The number of rotatable bonds is 3. The summed E-state index contributed by atoms with van der Waals surface area (Å²) in [7, 11) is 0. The third kappa shape index (κ3) is 2.07. The standard InChI is InChI=1S/C19H18N2/c1-14-12-13-21-18(11-10-15-6-3-2-4-7-15)20-17-9-5-8-16(14)19(17)21/h2-9H,1,10-13H2. The van der Waals surface area contributed by atoms with E-state index in [1.165, 1.54) is 28.0 Å². The first-order valence-corrected chi connectivity index (χ1v) is 7.53. The zero-order valence-electron chi connectivity index (χ0n) is 12.0. The second kappa shape index (κ2) is 4.88. The normalized spacial score (nSPS) is 13.8. The molecule has 0 spiro atoms. The Hall–Kier alpha value is -2.35. The van der Waals surface area contributed by atoms with Crippen LogP contribution >= 0.6 is 0 Å². The van der Waals surface area contributed by atoms with Gasteiger partial charge in [-0.3, -0.25) is 0 Å². The van der Waals surface area contributed by atoms with E-state index in [1.54, 1.807) is 0 Å². The molecule has 2 nitrogen and oxygen atoms in total. The Balaban J connectivity index is 1.72. The minimum atomic E-state index is 0.991. The van der Waals surface area contributed by atoms with Crippen LogP contribution in [0, 0.1) is 0 Å². The van der Waals surface area contributed by atoms with Crippen molar-refractivity contribution < 1.29 is 0 Å². The van der Waals surface area contributed by atoms with E-state index in [-0.39, 0.29) is 0 Å². The topological polar surface area (TPSA) is 17.8 Å². The van der Waals surface area contributed by atoms with E-state index in [0.29, 0.717) is 0 Å². The van der Waals surface area contributed by atoms with Crippen LogP contribution in [0.5, 0.6) is 0 Å². The SMILES string of the molecule is C=C1CCn2c(CCc3ccccc3)nc3cccc1c32. The summed E-state index contributed by atoms with van der Waals surface area (Å²) in [6, 6.07) is 17.0. The van der Waals surface area contributed by atoms with E-state index in [1.807, 2.05) is 0 Å². The molecular formula is C19H18N2. The molecule has 1 aromatic heterocycles. The summed E-state index contributed by atoms with van der Waals surface area (Å²) < 4.78 is 2.39. The van der Waals surface area contributed by atoms with Gasteiger partial charge in [0.25, 0.3) is 0 Å². The molecule has 3 aromatic rings. The highest BCUT2D eigenvalue weighted by molar-refractivity contribution is 5.90. The largest absolute Gasteiger partial charge is 0.327 e. The van der Waals surface area contributed by atoms with Gasteiger partial charge in [-0.1, -0.05) is 49.0 Å². The van der Waals surface area contributed by atoms with Crippen LogP contribution in [0.15, 0.2) is 55.1 Å². The van der Waals surface area contributed by atoms with Gasteiger partial charge in [0.2, 0.25) is 0 Å². The highest BCUT2D eigenvalue weighted by atomic mass is 15.1. The van der Waals surface area contributed by atoms with Crippen molar-refractivity contribution in [3.05, 3.63) is 72.1 Å². The Kier molecular flexibility index (Phi) is 2.88. The molecule has 2 heterocycles. The summed E-state index contributed by atoms with van der Waals surface area (Å²) in [5.74, 6) is 1.20. The lowest BCUT2D eigenvalue weighted by atomic mass is 10.00. The van der Waals surface area contributed by atoms with Crippen molar-refractivity contribution in [3.63, 3.8) is 0 Å². The second-order valence-corrected chi connectivity index (χ2v) is 5.69. The van der Waals surface area contributed by atoms with Crippen molar-refractivity contribution in [3.8, 4) is 0 Å². The number of allylic oxidation sites excluding steroid dienone is 1. The van der Waals surface area contributed by atoms with Crippen LogP contribution < -0.4 is 0 Å². The highest BCUT2D eigenvalue weighted by Gasteiger charge is 2.19. The van der Waals surface area contributed by atoms with Gasteiger partial charge in [0.1, 0.15) is 5.82 Å². The van der Waals surface area contributed by atoms with Gasteiger partial charge < -0.3 is 4.57 Å². The summed E-state index contributed by atoms with van der Waals surface area (Å²) in [5, 5.41) is 0. The molecular weight excluding hydrogens is 256 g/mol. The monoisotopic (exact) mass is 274 g/mol. The summed E-state index contributed by atoms with van der Waals surface area (Å²) in [4.78, 5) is 4.86. The zero-order chi connectivity index (χ0) is 14.2. The fourth-order valence-corrected chi connectivity index (χ4v) is 3.23. The number of aryl methyl sites for hydroxylation is 3. The molecule has 2 aromatic carbocycles. The fourth-order valence-electron chi connectivity index (χ4n) is 3.23. The number of imidazole rings is 1. The Morgan fingerprint density at radius 3 is 2.71 bits per heavy atom. The maximum atomic E-state index is 4.86. The lowest BCUT2D eigenvalue weighted by molar-refractivity contribution is 0.668. The number of benzene rings is 2. The number of hydrogen-bond acceptors (Lipinski definition) is 1. The quantitative estimate of drug-likeness (QED) is 0.698. The molecule has 0 aliphatic carbocycles. The molecule has 1 aliphatic heterocycles. The molecule has 0 bridgehead atoms. The van der Waals surface area contributed by atoms with Gasteiger partial charge in [-0.15, -0.1) is 0 Å². The molecule has 21 heavy (non-hydrogen) atoms. The summed E-state index contributed by atoms with van der Waals surface area (Å²) in [6.07, 6.45) is 3.06. The van der Waals surface area contributed by atoms with Crippen molar-refractivity contribution >= 4 is 16.6 Å². The molecule has 0 radical (unpaired) electrons. The molecule has 0 atom stereocenters. The van der Waals surface area contributed by atoms with E-state index in [4.69, 9.17) is 4.98 Å². The fraction of sp³-hybridized carbons (Fsp3) is 0.211. The van der Waals surface area contributed by atoms with Crippen LogP contribution in [-0.2, 0) is 19.4 Å². The number of hydrogen-bond donors (Lipinski definition) is 0. The molecule has 0 amide bonds. The van der Waals surface area contributed by atoms with E-state index < -0.39 is 0 Å². The second-order valence-electron chi connectivity index (χ2n) is 5.69. The van der Waals surface area contributed by atoms with Crippen LogP contribution in [0.4, 0.5) is 0 Å². The molecule has 2 heteroatoms. The number of aromatic nitrogens is 2. The van der Waals surface area contributed by atoms with E-state index in [2.05, 4.69) is 59.7 Å². The first-order chi connectivity index (χ1) is 10.3. The minimum absolute atomic E-state index is 0.991. The number of para-hydroxylation sites is 1. The molecule has 0 saturated carbocycles. The molecule has 0 unspecified atom stereocenters. The molecule has 0 N–H and O–H groups in total. The molecule has 1 aliphatic rings. The average Bonchev–Trinajstić information content (AvgIpc) is 2.89. The van der Waals surface area contributed by atoms with Gasteiger partial charge in [0.05, 0.1) is 11.0 Å². The van der Waals surface area contributed by atoms with Gasteiger partial charge in [-0.2, -0.15) is 0 Å². The summed E-state index contributed by atoms with van der Waals surface area (Å²) >= 11 is 0. The van der Waals surface area contributed by atoms with E-state index in [9.17, 15) is 0 Å². The van der Waals surface area contributed by atoms with Gasteiger partial charge in [-0.05, 0) is 30.0 Å². The van der Waals surface area contributed by atoms with Crippen LogP contribution in [0.25, 0.3) is 16.6 Å². The lowest BCUT2D eigenvalue weighted by Crippen LogP contribution is -2.10. The first kappa shape index (κ1) is 12.4. The highest BCUT2D eigenvalue weighted by Crippen LogP contribution is 2.32. The third-order valence-corrected chi connectivity index (χ3v) is 4.34. The van der Waals surface area contributed by atoms with Crippen LogP contribution in [0.2, 0.25) is 0 Å². The molecule has 0 saturated heterocycles. The Labute approximate surface area is 124 Å². The van der Waals surface area contributed by atoms with Crippen molar-refractivity contribution in [2.75, 3.05) is 0 Å². The maximum Gasteiger partial charge on any atom is 0.110 e. The van der Waals surface area contributed by atoms with E-state index in [0.717, 1.165) is 31.3 Å². The van der Waals surface area contributed by atoms with Crippen molar-refractivity contribution in [1.29, 1.82) is 0 Å². The van der Waals surface area contributed by atoms with Gasteiger partial charge in [0, 0.05) is 18.5 Å². The zero-order valence-corrected chi connectivity index (χ0v) is 12.0. The van der Waals surface area contributed by atoms with Crippen molar-refractivity contribution in [2.24, 2.45) is 0 Å². The molecule has 104 valence electrons. The average molecular weight is 274 g/mol. The van der Waals surface area contributed by atoms with Gasteiger partial charge in [0.15, 0.2) is 0 Å². The first-order valence-electron chi connectivity index (χ1n) is 7.53. The smallest absolute Gasteiger partial charge is 0.110 e. The van der Waals surface area contributed by atoms with Gasteiger partial charge >= 0.3 is 0 Å². The van der Waals surface area contributed by atoms with Crippen LogP contribution in [0.1, 0.15) is 23.4 Å². The Morgan fingerprint density at radius 1 is 1.00 bits per heavy atom. The van der Waals surface area contributed by atoms with Crippen molar-refractivity contribution in [1.82, 2.24) is 9.55 Å². The van der Waals surface area contributed by atoms with Crippen LogP contribution in [-0.4, -0.2) is 9.55 Å². The lowest BCUT2D eigenvalue weighted by Gasteiger charge is -2.18. The summed E-state index contributed by atoms with van der Waals surface area (Å²) in [6.45, 7) is 5.21. The predicted octanol–water partition coefficient (Wildman–Crippen LogP) is 4.24. The predicted molar refractivity (Wildman–Crippen MR) is 87.2 cm³/mol.